The van der Waals surface area contributed by atoms with Crippen LogP contribution in [0.5, 0.6) is 0 Å². The summed E-state index contributed by atoms with van der Waals surface area (Å²) in [6.07, 6.45) is 1.98. The van der Waals surface area contributed by atoms with E-state index in [1.54, 1.807) is 0 Å². The maximum absolute atomic E-state index is 12.0. The van der Waals surface area contributed by atoms with Gasteiger partial charge in [0, 0.05) is 19.6 Å². The third-order valence-electron chi connectivity index (χ3n) is 4.02. The molecule has 1 aliphatic heterocycles. The molecule has 0 saturated carbocycles. The number of hydrogen-bond acceptors (Lipinski definition) is 5. The summed E-state index contributed by atoms with van der Waals surface area (Å²) in [6.45, 7) is 9.61. The van der Waals surface area contributed by atoms with Gasteiger partial charge in [-0.25, -0.2) is 0 Å². The van der Waals surface area contributed by atoms with E-state index in [1.165, 1.54) is 6.42 Å². The average Bonchev–Trinajstić information content (AvgIpc) is 2.61. The summed E-state index contributed by atoms with van der Waals surface area (Å²) in [7, 11) is 3.99. The molecular weight excluding hydrogens is 242 g/mol. The number of ether oxygens (including phenoxy) is 1. The molecule has 0 spiro atoms. The van der Waals surface area contributed by atoms with Crippen molar-refractivity contribution in [1.82, 2.24) is 15.1 Å². The molecule has 5 heteroatoms. The maximum atomic E-state index is 12.0. The van der Waals surface area contributed by atoms with E-state index in [0.717, 1.165) is 39.1 Å². The highest BCUT2D eigenvalue weighted by atomic mass is 16.5. The van der Waals surface area contributed by atoms with E-state index in [-0.39, 0.29) is 5.97 Å². The Bertz CT molecular complexity index is 286. The first-order valence-electron chi connectivity index (χ1n) is 7.29. The number of rotatable bonds is 6. The van der Waals surface area contributed by atoms with Crippen LogP contribution in [0, 0.1) is 0 Å². The van der Waals surface area contributed by atoms with Crippen LogP contribution in [0.2, 0.25) is 0 Å². The van der Waals surface area contributed by atoms with Gasteiger partial charge in [-0.05, 0) is 53.9 Å². The zero-order valence-electron chi connectivity index (χ0n) is 12.9. The summed E-state index contributed by atoms with van der Waals surface area (Å²) in [5, 5.41) is 3.12. The molecule has 0 radical (unpaired) electrons. The standard InChI is InChI=1S/C14H29N3O2/c1-5-19-13(18)14(2,15-3)7-10-17-9-6-8-16(4)11-12-17/h15H,5-12H2,1-4H3. The van der Waals surface area contributed by atoms with Crippen LogP contribution in [0.25, 0.3) is 0 Å². The molecule has 0 aromatic carbocycles. The first-order valence-corrected chi connectivity index (χ1v) is 7.29. The Labute approximate surface area is 117 Å². The topological polar surface area (TPSA) is 44.8 Å². The molecule has 0 aromatic rings. The third-order valence-corrected chi connectivity index (χ3v) is 4.02. The smallest absolute Gasteiger partial charge is 0.326 e. The van der Waals surface area contributed by atoms with E-state index >= 15 is 0 Å². The fraction of sp³-hybridized carbons (Fsp3) is 0.929. The van der Waals surface area contributed by atoms with Crippen molar-refractivity contribution in [3.8, 4) is 0 Å². The Balaban J connectivity index is 2.45. The highest BCUT2D eigenvalue weighted by Gasteiger charge is 2.33. The van der Waals surface area contributed by atoms with Crippen molar-refractivity contribution < 1.29 is 9.53 Å². The van der Waals surface area contributed by atoms with Crippen LogP contribution in [0.1, 0.15) is 26.7 Å². The summed E-state index contributed by atoms with van der Waals surface area (Å²) >= 11 is 0. The lowest BCUT2D eigenvalue weighted by Gasteiger charge is -2.30. The summed E-state index contributed by atoms with van der Waals surface area (Å²) in [6, 6.07) is 0. The van der Waals surface area contributed by atoms with E-state index in [4.69, 9.17) is 4.74 Å². The van der Waals surface area contributed by atoms with Gasteiger partial charge in [0.25, 0.3) is 0 Å². The van der Waals surface area contributed by atoms with Gasteiger partial charge in [-0.3, -0.25) is 4.79 Å². The van der Waals surface area contributed by atoms with Gasteiger partial charge in [-0.1, -0.05) is 0 Å². The summed E-state index contributed by atoms with van der Waals surface area (Å²) < 4.78 is 5.15. The molecule has 0 bridgehead atoms. The second-order valence-corrected chi connectivity index (χ2v) is 5.55. The van der Waals surface area contributed by atoms with Crippen molar-refractivity contribution in [2.75, 3.05) is 53.4 Å². The molecule has 1 unspecified atom stereocenters. The molecule has 0 amide bonds. The quantitative estimate of drug-likeness (QED) is 0.715. The van der Waals surface area contributed by atoms with Gasteiger partial charge in [-0.2, -0.15) is 0 Å². The third kappa shape index (κ3) is 5.09. The molecule has 1 heterocycles. The molecule has 1 fully saturated rings. The Kier molecular flexibility index (Phi) is 6.75. The summed E-state index contributed by atoms with van der Waals surface area (Å²) in [5.41, 5.74) is -0.575. The number of esters is 1. The molecule has 1 N–H and O–H groups in total. The van der Waals surface area contributed by atoms with Crippen LogP contribution in [-0.4, -0.2) is 74.7 Å². The summed E-state index contributed by atoms with van der Waals surface area (Å²) in [5.74, 6) is -0.149. The number of nitrogens with one attached hydrogen (secondary N) is 1. The molecule has 1 rings (SSSR count). The average molecular weight is 271 g/mol. The SMILES string of the molecule is CCOC(=O)C(C)(CCN1CCCN(C)CC1)NC. The van der Waals surface area contributed by atoms with Crippen molar-refractivity contribution in [2.45, 2.75) is 32.2 Å². The molecule has 112 valence electrons. The van der Waals surface area contributed by atoms with Gasteiger partial charge >= 0.3 is 5.97 Å². The Hall–Kier alpha value is -0.650. The monoisotopic (exact) mass is 271 g/mol. The predicted octanol–water partition coefficient (Wildman–Crippen LogP) is 0.555. The minimum absolute atomic E-state index is 0.149. The highest BCUT2D eigenvalue weighted by Crippen LogP contribution is 2.13. The van der Waals surface area contributed by atoms with Crippen LogP contribution in [0.15, 0.2) is 0 Å². The van der Waals surface area contributed by atoms with Gasteiger partial charge in [0.1, 0.15) is 5.54 Å². The number of likely N-dealkylation sites (N-methyl/N-ethyl adjacent to an activating group) is 2. The second kappa shape index (κ2) is 7.82. The first-order chi connectivity index (χ1) is 9.01. The molecule has 19 heavy (non-hydrogen) atoms. The molecule has 0 aliphatic carbocycles. The van der Waals surface area contributed by atoms with Gasteiger partial charge in [0.2, 0.25) is 0 Å². The van der Waals surface area contributed by atoms with Gasteiger partial charge in [0.15, 0.2) is 0 Å². The van der Waals surface area contributed by atoms with E-state index in [1.807, 2.05) is 20.9 Å². The molecule has 5 nitrogen and oxygen atoms in total. The number of carbonyl (C=O) groups is 1. The van der Waals surface area contributed by atoms with Crippen LogP contribution >= 0.6 is 0 Å². The van der Waals surface area contributed by atoms with Crippen LogP contribution < -0.4 is 5.32 Å². The lowest BCUT2D eigenvalue weighted by atomic mass is 9.98. The predicted molar refractivity (Wildman–Crippen MR) is 77.3 cm³/mol. The molecule has 1 aliphatic rings. The minimum Gasteiger partial charge on any atom is -0.465 e. The fourth-order valence-electron chi connectivity index (χ4n) is 2.32. The normalized spacial score (nSPS) is 21.7. The Morgan fingerprint density at radius 3 is 2.68 bits per heavy atom. The molecule has 0 aromatic heterocycles. The van der Waals surface area contributed by atoms with Crippen LogP contribution in [0.4, 0.5) is 0 Å². The molecule has 1 saturated heterocycles. The maximum Gasteiger partial charge on any atom is 0.326 e. The van der Waals surface area contributed by atoms with Crippen LogP contribution in [0.3, 0.4) is 0 Å². The van der Waals surface area contributed by atoms with Crippen molar-refractivity contribution in [3.63, 3.8) is 0 Å². The van der Waals surface area contributed by atoms with E-state index < -0.39 is 5.54 Å². The van der Waals surface area contributed by atoms with E-state index in [9.17, 15) is 4.79 Å². The Morgan fingerprint density at radius 1 is 1.32 bits per heavy atom. The number of hydrogen-bond donors (Lipinski definition) is 1. The van der Waals surface area contributed by atoms with Crippen molar-refractivity contribution in [2.24, 2.45) is 0 Å². The Morgan fingerprint density at radius 2 is 2.05 bits per heavy atom. The highest BCUT2D eigenvalue weighted by molar-refractivity contribution is 5.80. The lowest BCUT2D eigenvalue weighted by Crippen LogP contribution is -2.50. The lowest BCUT2D eigenvalue weighted by molar-refractivity contribution is -0.150. The zero-order chi connectivity index (χ0) is 14.3. The van der Waals surface area contributed by atoms with Crippen molar-refractivity contribution in [1.29, 1.82) is 0 Å². The zero-order valence-corrected chi connectivity index (χ0v) is 12.9. The van der Waals surface area contributed by atoms with Gasteiger partial charge in [0.05, 0.1) is 6.61 Å². The molecular formula is C14H29N3O2. The van der Waals surface area contributed by atoms with Crippen molar-refractivity contribution in [3.05, 3.63) is 0 Å². The number of carbonyl (C=O) groups excluding carboxylic acids is 1. The van der Waals surface area contributed by atoms with E-state index in [0.29, 0.717) is 6.61 Å². The first kappa shape index (κ1) is 16.4. The van der Waals surface area contributed by atoms with Gasteiger partial charge < -0.3 is 19.9 Å². The minimum atomic E-state index is -0.575. The molecule has 1 atom stereocenters. The van der Waals surface area contributed by atoms with Crippen molar-refractivity contribution >= 4 is 5.97 Å². The van der Waals surface area contributed by atoms with E-state index in [2.05, 4.69) is 22.2 Å². The largest absolute Gasteiger partial charge is 0.465 e. The summed E-state index contributed by atoms with van der Waals surface area (Å²) in [4.78, 5) is 16.8. The second-order valence-electron chi connectivity index (χ2n) is 5.55. The number of nitrogens with zero attached hydrogens (tertiary/aromatic N) is 2. The van der Waals surface area contributed by atoms with Crippen LogP contribution in [-0.2, 0) is 9.53 Å². The van der Waals surface area contributed by atoms with Gasteiger partial charge in [-0.15, -0.1) is 0 Å². The fourth-order valence-corrected chi connectivity index (χ4v) is 2.32.